The summed E-state index contributed by atoms with van der Waals surface area (Å²) < 4.78 is 11.3. The molecule has 1 aliphatic heterocycles. The van der Waals surface area contributed by atoms with Crippen molar-refractivity contribution < 1.29 is 23.8 Å². The Bertz CT molecular complexity index is 1470. The second-order valence-electron chi connectivity index (χ2n) is 8.30. The number of hydrogen-bond acceptors (Lipinski definition) is 5. The van der Waals surface area contributed by atoms with Gasteiger partial charge in [0.25, 0.3) is 5.91 Å². The van der Waals surface area contributed by atoms with Crippen LogP contribution in [0.3, 0.4) is 0 Å². The molecule has 3 aromatic carbocycles. The third-order valence-corrected chi connectivity index (χ3v) is 6.21. The smallest absolute Gasteiger partial charge is 0.294 e. The van der Waals surface area contributed by atoms with Crippen molar-refractivity contribution in [3.8, 4) is 5.75 Å². The van der Waals surface area contributed by atoms with Crippen molar-refractivity contribution in [3.63, 3.8) is 0 Å². The Labute approximate surface area is 207 Å². The molecular formula is C28H22ClNO5. The summed E-state index contributed by atoms with van der Waals surface area (Å²) in [6.07, 6.45) is 0. The second-order valence-corrected chi connectivity index (χ2v) is 8.74. The number of anilines is 1. The summed E-state index contributed by atoms with van der Waals surface area (Å²) in [5.74, 6) is -1.16. The van der Waals surface area contributed by atoms with Gasteiger partial charge in [0.15, 0.2) is 11.5 Å². The highest BCUT2D eigenvalue weighted by molar-refractivity contribution is 6.31. The third-order valence-electron chi connectivity index (χ3n) is 5.97. The SMILES string of the molecule is CCOc1ccc(C2C(C(=O)c3cc4cc(Cl)ccc4o3)=C(O)C(=O)N2c2ccc(C)cc2)cc1. The quantitative estimate of drug-likeness (QED) is 0.311. The first kappa shape index (κ1) is 22.7. The van der Waals surface area contributed by atoms with Crippen molar-refractivity contribution >= 4 is 39.9 Å². The van der Waals surface area contributed by atoms with Gasteiger partial charge in [-0.2, -0.15) is 0 Å². The van der Waals surface area contributed by atoms with Crippen LogP contribution in [0, 0.1) is 6.92 Å². The number of furan rings is 1. The van der Waals surface area contributed by atoms with Crippen LogP contribution < -0.4 is 9.64 Å². The molecule has 1 N–H and O–H groups in total. The van der Waals surface area contributed by atoms with E-state index in [1.807, 2.05) is 26.0 Å². The zero-order valence-electron chi connectivity index (χ0n) is 19.1. The van der Waals surface area contributed by atoms with E-state index in [9.17, 15) is 14.7 Å². The summed E-state index contributed by atoms with van der Waals surface area (Å²) >= 11 is 6.08. The highest BCUT2D eigenvalue weighted by atomic mass is 35.5. The molecule has 1 unspecified atom stereocenters. The minimum absolute atomic E-state index is 0.0123. The van der Waals surface area contributed by atoms with Crippen LogP contribution >= 0.6 is 11.6 Å². The van der Waals surface area contributed by atoms with Crippen molar-refractivity contribution in [2.24, 2.45) is 0 Å². The van der Waals surface area contributed by atoms with Crippen molar-refractivity contribution in [1.82, 2.24) is 0 Å². The lowest BCUT2D eigenvalue weighted by Gasteiger charge is -2.27. The third kappa shape index (κ3) is 4.06. The highest BCUT2D eigenvalue weighted by Crippen LogP contribution is 2.42. The van der Waals surface area contributed by atoms with E-state index in [4.69, 9.17) is 20.8 Å². The van der Waals surface area contributed by atoms with Gasteiger partial charge in [0.05, 0.1) is 18.2 Å². The predicted octanol–water partition coefficient (Wildman–Crippen LogP) is 6.58. The van der Waals surface area contributed by atoms with Gasteiger partial charge >= 0.3 is 0 Å². The molecule has 1 aliphatic rings. The minimum Gasteiger partial charge on any atom is -0.503 e. The second kappa shape index (κ2) is 8.96. The van der Waals surface area contributed by atoms with Crippen molar-refractivity contribution in [3.05, 3.63) is 106 Å². The lowest BCUT2D eigenvalue weighted by molar-refractivity contribution is -0.117. The average molecular weight is 488 g/mol. The van der Waals surface area contributed by atoms with Crippen molar-refractivity contribution in [2.75, 3.05) is 11.5 Å². The average Bonchev–Trinajstić information content (AvgIpc) is 3.38. The zero-order chi connectivity index (χ0) is 24.7. The van der Waals surface area contributed by atoms with Gasteiger partial charge in [-0.25, -0.2) is 0 Å². The van der Waals surface area contributed by atoms with Gasteiger partial charge in [-0.15, -0.1) is 0 Å². The number of hydrogen-bond donors (Lipinski definition) is 1. The lowest BCUT2D eigenvalue weighted by atomic mass is 9.94. The van der Waals surface area contributed by atoms with Crippen LogP contribution in [-0.2, 0) is 4.79 Å². The lowest BCUT2D eigenvalue weighted by Crippen LogP contribution is -2.31. The Morgan fingerprint density at radius 2 is 1.77 bits per heavy atom. The summed E-state index contributed by atoms with van der Waals surface area (Å²) in [4.78, 5) is 28.4. The number of amides is 1. The Morgan fingerprint density at radius 3 is 2.46 bits per heavy atom. The van der Waals surface area contributed by atoms with Gasteiger partial charge in [0.1, 0.15) is 11.3 Å². The van der Waals surface area contributed by atoms with E-state index < -0.39 is 23.5 Å². The van der Waals surface area contributed by atoms with Crippen LogP contribution in [0.5, 0.6) is 5.75 Å². The summed E-state index contributed by atoms with van der Waals surface area (Å²) in [5, 5.41) is 12.1. The summed E-state index contributed by atoms with van der Waals surface area (Å²) in [6.45, 7) is 4.34. The molecule has 7 heteroatoms. The molecule has 0 aliphatic carbocycles. The molecule has 0 saturated carbocycles. The molecule has 6 nitrogen and oxygen atoms in total. The van der Waals surface area contributed by atoms with Crippen LogP contribution in [-0.4, -0.2) is 23.4 Å². The Kier molecular flexibility index (Phi) is 5.83. The Balaban J connectivity index is 1.63. The maximum Gasteiger partial charge on any atom is 0.294 e. The van der Waals surface area contributed by atoms with Gasteiger partial charge in [-0.05, 0) is 67.9 Å². The first-order chi connectivity index (χ1) is 16.9. The van der Waals surface area contributed by atoms with Crippen LogP contribution in [0.2, 0.25) is 5.02 Å². The molecule has 5 rings (SSSR count). The molecule has 0 saturated heterocycles. The number of halogens is 1. The molecule has 1 amide bonds. The first-order valence-electron chi connectivity index (χ1n) is 11.2. The van der Waals surface area contributed by atoms with Crippen molar-refractivity contribution in [1.29, 1.82) is 0 Å². The topological polar surface area (TPSA) is 80.0 Å². The van der Waals surface area contributed by atoms with E-state index in [1.165, 1.54) is 4.90 Å². The van der Waals surface area contributed by atoms with Crippen LogP contribution in [0.15, 0.2) is 88.5 Å². The van der Waals surface area contributed by atoms with Gasteiger partial charge in [-0.1, -0.05) is 41.4 Å². The number of Topliss-reactive ketones (excluding diaryl/α,β-unsaturated/α-hetero) is 1. The zero-order valence-corrected chi connectivity index (χ0v) is 19.9. The van der Waals surface area contributed by atoms with Gasteiger partial charge < -0.3 is 14.3 Å². The van der Waals surface area contributed by atoms with E-state index in [2.05, 4.69) is 0 Å². The molecule has 0 fully saturated rings. The number of nitrogens with zero attached hydrogens (tertiary/aromatic N) is 1. The highest BCUT2D eigenvalue weighted by Gasteiger charge is 2.45. The molecule has 1 atom stereocenters. The summed E-state index contributed by atoms with van der Waals surface area (Å²) in [6, 6.07) is 20.2. The number of carbonyl (C=O) groups is 2. The molecule has 4 aromatic rings. The van der Waals surface area contributed by atoms with Crippen LogP contribution in [0.1, 0.15) is 34.6 Å². The predicted molar refractivity (Wildman–Crippen MR) is 134 cm³/mol. The maximum atomic E-state index is 13.7. The Morgan fingerprint density at radius 1 is 1.06 bits per heavy atom. The molecule has 176 valence electrons. The summed E-state index contributed by atoms with van der Waals surface area (Å²) in [5.41, 5.74) is 2.66. The number of aliphatic hydroxyl groups excluding tert-OH is 1. The van der Waals surface area contributed by atoms with Crippen LogP contribution in [0.25, 0.3) is 11.0 Å². The largest absolute Gasteiger partial charge is 0.503 e. The molecule has 0 spiro atoms. The molecule has 35 heavy (non-hydrogen) atoms. The monoisotopic (exact) mass is 487 g/mol. The fraction of sp³-hybridized carbons (Fsp3) is 0.143. The van der Waals surface area contributed by atoms with E-state index in [0.29, 0.717) is 39.6 Å². The Hall–Kier alpha value is -4.03. The molecule has 2 heterocycles. The molecule has 0 bridgehead atoms. The van der Waals surface area contributed by atoms with E-state index in [1.54, 1.807) is 60.7 Å². The number of fused-ring (bicyclic) bond motifs is 1. The number of carbonyl (C=O) groups excluding carboxylic acids is 2. The number of benzene rings is 3. The van der Waals surface area contributed by atoms with Gasteiger partial charge in [0.2, 0.25) is 5.78 Å². The standard InChI is InChI=1S/C28H22ClNO5/c1-3-34-21-11-6-17(7-12-21)25-24(26(31)23-15-18-14-19(29)8-13-22(18)35-23)27(32)28(33)30(25)20-9-4-16(2)5-10-20/h4-15,25,32H,3H2,1-2H3. The number of rotatable bonds is 6. The van der Waals surface area contributed by atoms with E-state index in [0.717, 1.165) is 5.56 Å². The normalized spacial score (nSPS) is 15.8. The fourth-order valence-electron chi connectivity index (χ4n) is 4.30. The molecule has 0 radical (unpaired) electrons. The van der Waals surface area contributed by atoms with E-state index in [-0.39, 0.29) is 11.3 Å². The number of ether oxygens (including phenoxy) is 1. The minimum atomic E-state index is -0.856. The van der Waals surface area contributed by atoms with Gasteiger partial charge in [-0.3, -0.25) is 14.5 Å². The van der Waals surface area contributed by atoms with Gasteiger partial charge in [0, 0.05) is 16.1 Å². The molecule has 1 aromatic heterocycles. The number of aryl methyl sites for hydroxylation is 1. The molecular weight excluding hydrogens is 466 g/mol. The fourth-order valence-corrected chi connectivity index (χ4v) is 4.48. The first-order valence-corrected chi connectivity index (χ1v) is 11.5. The maximum absolute atomic E-state index is 13.7. The number of aliphatic hydroxyl groups is 1. The van der Waals surface area contributed by atoms with E-state index >= 15 is 0 Å². The van der Waals surface area contributed by atoms with Crippen molar-refractivity contribution in [2.45, 2.75) is 19.9 Å². The summed E-state index contributed by atoms with van der Waals surface area (Å²) in [7, 11) is 0. The number of ketones is 1. The van der Waals surface area contributed by atoms with Crippen LogP contribution in [0.4, 0.5) is 5.69 Å².